The Hall–Kier alpha value is -0.620. The zero-order chi connectivity index (χ0) is 15.1. The molecule has 0 aliphatic heterocycles. The van der Waals surface area contributed by atoms with Gasteiger partial charge in [-0.05, 0) is 37.0 Å². The second kappa shape index (κ2) is 8.73. The molecule has 1 aromatic rings. The SMILES string of the molecule is COCCNCc1ccc(Br)cc1N(CCO)C1CCC1. The van der Waals surface area contributed by atoms with Crippen molar-refractivity contribution in [2.45, 2.75) is 31.8 Å². The maximum atomic E-state index is 9.39. The molecule has 5 heteroatoms. The Morgan fingerprint density at radius 2 is 2.24 bits per heavy atom. The molecule has 4 nitrogen and oxygen atoms in total. The van der Waals surface area contributed by atoms with E-state index in [-0.39, 0.29) is 6.61 Å². The van der Waals surface area contributed by atoms with E-state index in [4.69, 9.17) is 4.74 Å². The van der Waals surface area contributed by atoms with Crippen molar-refractivity contribution >= 4 is 21.6 Å². The summed E-state index contributed by atoms with van der Waals surface area (Å²) in [7, 11) is 1.71. The van der Waals surface area contributed by atoms with Gasteiger partial charge in [-0.3, -0.25) is 0 Å². The normalized spacial score (nSPS) is 15.0. The minimum atomic E-state index is 0.194. The summed E-state index contributed by atoms with van der Waals surface area (Å²) in [4.78, 5) is 2.36. The highest BCUT2D eigenvalue weighted by Crippen LogP contribution is 2.33. The van der Waals surface area contributed by atoms with Crippen LogP contribution in [0.1, 0.15) is 24.8 Å². The van der Waals surface area contributed by atoms with E-state index in [1.807, 2.05) is 0 Å². The van der Waals surface area contributed by atoms with Crippen LogP contribution in [-0.2, 0) is 11.3 Å². The number of anilines is 1. The molecule has 1 aromatic carbocycles. The number of nitrogens with one attached hydrogen (secondary N) is 1. The van der Waals surface area contributed by atoms with Crippen molar-refractivity contribution in [1.29, 1.82) is 0 Å². The van der Waals surface area contributed by atoms with Gasteiger partial charge < -0.3 is 20.1 Å². The van der Waals surface area contributed by atoms with E-state index in [0.717, 1.165) is 24.2 Å². The van der Waals surface area contributed by atoms with Crippen molar-refractivity contribution in [2.24, 2.45) is 0 Å². The van der Waals surface area contributed by atoms with Crippen molar-refractivity contribution in [3.8, 4) is 0 Å². The van der Waals surface area contributed by atoms with Gasteiger partial charge in [-0.15, -0.1) is 0 Å². The molecule has 0 unspecified atom stereocenters. The minimum absolute atomic E-state index is 0.194. The van der Waals surface area contributed by atoms with Crippen LogP contribution < -0.4 is 10.2 Å². The van der Waals surface area contributed by atoms with Crippen LogP contribution in [0.15, 0.2) is 22.7 Å². The second-order valence-electron chi connectivity index (χ2n) is 5.44. The molecule has 0 saturated heterocycles. The summed E-state index contributed by atoms with van der Waals surface area (Å²) in [5.41, 5.74) is 2.50. The van der Waals surface area contributed by atoms with Gasteiger partial charge in [0, 0.05) is 42.9 Å². The first-order valence-electron chi connectivity index (χ1n) is 7.62. The quantitative estimate of drug-likeness (QED) is 0.667. The zero-order valence-electron chi connectivity index (χ0n) is 12.6. The summed E-state index contributed by atoms with van der Waals surface area (Å²) in [5, 5.41) is 12.8. The monoisotopic (exact) mass is 356 g/mol. The zero-order valence-corrected chi connectivity index (χ0v) is 14.2. The Labute approximate surface area is 135 Å². The fourth-order valence-corrected chi connectivity index (χ4v) is 3.01. The first-order valence-corrected chi connectivity index (χ1v) is 8.41. The third-order valence-corrected chi connectivity index (χ3v) is 4.50. The van der Waals surface area contributed by atoms with Gasteiger partial charge in [0.15, 0.2) is 0 Å². The number of ether oxygens (including phenoxy) is 1. The molecule has 2 rings (SSSR count). The molecule has 1 aliphatic carbocycles. The summed E-state index contributed by atoms with van der Waals surface area (Å²) < 4.78 is 6.15. The molecule has 2 N–H and O–H groups in total. The van der Waals surface area contributed by atoms with Crippen LogP contribution >= 0.6 is 15.9 Å². The molecular weight excluding hydrogens is 332 g/mol. The number of hydrogen-bond acceptors (Lipinski definition) is 4. The fraction of sp³-hybridized carbons (Fsp3) is 0.625. The predicted octanol–water partition coefficient (Wildman–Crippen LogP) is 2.54. The van der Waals surface area contributed by atoms with Gasteiger partial charge in [0.1, 0.15) is 0 Å². The Balaban J connectivity index is 2.11. The van der Waals surface area contributed by atoms with E-state index >= 15 is 0 Å². The van der Waals surface area contributed by atoms with Crippen LogP contribution in [0, 0.1) is 0 Å². The van der Waals surface area contributed by atoms with Gasteiger partial charge in [0.25, 0.3) is 0 Å². The van der Waals surface area contributed by atoms with Crippen LogP contribution in [0.2, 0.25) is 0 Å². The van der Waals surface area contributed by atoms with E-state index in [1.165, 1.54) is 30.5 Å². The van der Waals surface area contributed by atoms with Gasteiger partial charge in [-0.25, -0.2) is 0 Å². The Kier molecular flexibility index (Phi) is 6.96. The maximum Gasteiger partial charge on any atom is 0.0606 e. The Bertz CT molecular complexity index is 438. The van der Waals surface area contributed by atoms with Gasteiger partial charge in [0.05, 0.1) is 13.2 Å². The predicted molar refractivity (Wildman–Crippen MR) is 89.8 cm³/mol. The van der Waals surface area contributed by atoms with E-state index in [9.17, 15) is 5.11 Å². The summed E-state index contributed by atoms with van der Waals surface area (Å²) in [6.45, 7) is 3.27. The standard InChI is InChI=1S/C16H25BrN2O2/c1-21-10-7-18-12-13-5-6-14(17)11-16(13)19(8-9-20)15-3-2-4-15/h5-6,11,15,18,20H,2-4,7-10,12H2,1H3. The first-order chi connectivity index (χ1) is 10.3. The number of aliphatic hydroxyl groups is 1. The summed E-state index contributed by atoms with van der Waals surface area (Å²) in [6.07, 6.45) is 3.74. The molecule has 0 bridgehead atoms. The Morgan fingerprint density at radius 1 is 1.43 bits per heavy atom. The molecular formula is C16H25BrN2O2. The summed E-state index contributed by atoms with van der Waals surface area (Å²) >= 11 is 3.57. The maximum absolute atomic E-state index is 9.39. The van der Waals surface area contributed by atoms with Crippen LogP contribution in [0.4, 0.5) is 5.69 Å². The lowest BCUT2D eigenvalue weighted by Gasteiger charge is -2.40. The highest BCUT2D eigenvalue weighted by atomic mass is 79.9. The molecule has 0 radical (unpaired) electrons. The lowest BCUT2D eigenvalue weighted by atomic mass is 9.90. The van der Waals surface area contributed by atoms with Crippen LogP contribution in [-0.4, -0.2) is 44.6 Å². The highest BCUT2D eigenvalue weighted by molar-refractivity contribution is 9.10. The summed E-state index contributed by atoms with van der Waals surface area (Å²) in [5.74, 6) is 0. The van der Waals surface area contributed by atoms with E-state index < -0.39 is 0 Å². The molecule has 0 aromatic heterocycles. The van der Waals surface area contributed by atoms with Crippen molar-refractivity contribution in [2.75, 3.05) is 38.3 Å². The van der Waals surface area contributed by atoms with Crippen LogP contribution in [0.3, 0.4) is 0 Å². The third-order valence-electron chi connectivity index (χ3n) is 4.01. The number of rotatable bonds is 9. The number of halogens is 1. The third kappa shape index (κ3) is 4.68. The van der Waals surface area contributed by atoms with Crippen molar-refractivity contribution in [3.63, 3.8) is 0 Å². The lowest BCUT2D eigenvalue weighted by molar-refractivity contribution is 0.199. The molecule has 1 saturated carbocycles. The van der Waals surface area contributed by atoms with Gasteiger partial charge in [0.2, 0.25) is 0 Å². The molecule has 0 atom stereocenters. The smallest absolute Gasteiger partial charge is 0.0606 e. The average molecular weight is 357 g/mol. The number of nitrogens with zero attached hydrogens (tertiary/aromatic N) is 1. The molecule has 0 spiro atoms. The molecule has 1 aliphatic rings. The van der Waals surface area contributed by atoms with Crippen LogP contribution in [0.25, 0.3) is 0 Å². The lowest BCUT2D eigenvalue weighted by Crippen LogP contribution is -2.42. The second-order valence-corrected chi connectivity index (χ2v) is 6.36. The van der Waals surface area contributed by atoms with E-state index in [0.29, 0.717) is 12.6 Å². The molecule has 0 amide bonds. The van der Waals surface area contributed by atoms with E-state index in [1.54, 1.807) is 7.11 Å². The van der Waals surface area contributed by atoms with Gasteiger partial charge in [-0.2, -0.15) is 0 Å². The largest absolute Gasteiger partial charge is 0.395 e. The first kappa shape index (κ1) is 16.7. The molecule has 21 heavy (non-hydrogen) atoms. The van der Waals surface area contributed by atoms with Crippen molar-refractivity contribution in [3.05, 3.63) is 28.2 Å². The average Bonchev–Trinajstić information content (AvgIpc) is 2.42. The number of methoxy groups -OCH3 is 1. The van der Waals surface area contributed by atoms with E-state index in [2.05, 4.69) is 44.3 Å². The molecule has 1 fully saturated rings. The van der Waals surface area contributed by atoms with Gasteiger partial charge >= 0.3 is 0 Å². The number of aliphatic hydroxyl groups excluding tert-OH is 1. The minimum Gasteiger partial charge on any atom is -0.395 e. The van der Waals surface area contributed by atoms with Crippen molar-refractivity contribution < 1.29 is 9.84 Å². The van der Waals surface area contributed by atoms with Crippen LogP contribution in [0.5, 0.6) is 0 Å². The topological polar surface area (TPSA) is 44.7 Å². The van der Waals surface area contributed by atoms with Crippen molar-refractivity contribution in [1.82, 2.24) is 5.32 Å². The fourth-order valence-electron chi connectivity index (χ4n) is 2.66. The molecule has 118 valence electrons. The number of benzene rings is 1. The highest BCUT2D eigenvalue weighted by Gasteiger charge is 2.26. The Morgan fingerprint density at radius 3 is 2.86 bits per heavy atom. The van der Waals surface area contributed by atoms with Gasteiger partial charge in [-0.1, -0.05) is 22.0 Å². The summed E-state index contributed by atoms with van der Waals surface area (Å²) in [6, 6.07) is 6.97. The number of hydrogen-bond donors (Lipinski definition) is 2. The molecule has 0 heterocycles.